The molecule has 2 fully saturated rings. The normalized spacial score (nSPS) is 30.4. The summed E-state index contributed by atoms with van der Waals surface area (Å²) in [5.74, 6) is 0.854. The molecule has 0 spiro atoms. The first-order valence-electron chi connectivity index (χ1n) is 7.64. The molecule has 1 N–H and O–H groups in total. The van der Waals surface area contributed by atoms with Crippen LogP contribution in [0.4, 0.5) is 0 Å². The van der Waals surface area contributed by atoms with Crippen LogP contribution in [-0.4, -0.2) is 29.1 Å². The predicted molar refractivity (Wildman–Crippen MR) is 85.1 cm³/mol. The summed E-state index contributed by atoms with van der Waals surface area (Å²) >= 11 is 6.34. The van der Waals surface area contributed by atoms with Crippen molar-refractivity contribution in [1.82, 2.24) is 10.2 Å². The average molecular weight is 293 g/mol. The molecule has 3 rings (SSSR count). The SMILES string of the molecule is CC1(C2CC2)CN(Cc2ccccc2Cl)C(C)(C)CN1. The van der Waals surface area contributed by atoms with Crippen LogP contribution in [0.1, 0.15) is 39.2 Å². The molecule has 1 aromatic rings. The van der Waals surface area contributed by atoms with Crippen molar-refractivity contribution in [3.05, 3.63) is 34.9 Å². The highest BCUT2D eigenvalue weighted by Gasteiger charge is 2.48. The topological polar surface area (TPSA) is 15.3 Å². The van der Waals surface area contributed by atoms with Crippen molar-refractivity contribution in [2.24, 2.45) is 5.92 Å². The fourth-order valence-electron chi connectivity index (χ4n) is 3.29. The van der Waals surface area contributed by atoms with Gasteiger partial charge in [0.05, 0.1) is 0 Å². The maximum absolute atomic E-state index is 6.34. The summed E-state index contributed by atoms with van der Waals surface area (Å²) in [6.45, 7) is 10.1. The van der Waals surface area contributed by atoms with Crippen LogP contribution in [-0.2, 0) is 6.54 Å². The van der Waals surface area contributed by atoms with E-state index in [0.717, 1.165) is 30.6 Å². The minimum Gasteiger partial charge on any atom is -0.308 e. The fourth-order valence-corrected chi connectivity index (χ4v) is 3.49. The molecule has 1 saturated heterocycles. The van der Waals surface area contributed by atoms with Gasteiger partial charge < -0.3 is 5.32 Å². The van der Waals surface area contributed by atoms with Gasteiger partial charge in [-0.3, -0.25) is 4.90 Å². The van der Waals surface area contributed by atoms with Crippen molar-refractivity contribution in [3.63, 3.8) is 0 Å². The summed E-state index contributed by atoms with van der Waals surface area (Å²) in [6.07, 6.45) is 2.76. The van der Waals surface area contributed by atoms with E-state index >= 15 is 0 Å². The van der Waals surface area contributed by atoms with Gasteiger partial charge in [-0.1, -0.05) is 29.8 Å². The first-order chi connectivity index (χ1) is 9.41. The quantitative estimate of drug-likeness (QED) is 0.914. The second-order valence-electron chi connectivity index (χ2n) is 7.31. The largest absolute Gasteiger partial charge is 0.308 e. The highest BCUT2D eigenvalue weighted by Crippen LogP contribution is 2.42. The van der Waals surface area contributed by atoms with Gasteiger partial charge in [0.2, 0.25) is 0 Å². The van der Waals surface area contributed by atoms with Crippen LogP contribution in [0.15, 0.2) is 24.3 Å². The number of nitrogens with one attached hydrogen (secondary N) is 1. The van der Waals surface area contributed by atoms with Gasteiger partial charge in [0.25, 0.3) is 0 Å². The number of hydrogen-bond acceptors (Lipinski definition) is 2. The third kappa shape index (κ3) is 2.74. The van der Waals surface area contributed by atoms with Crippen LogP contribution < -0.4 is 5.32 Å². The first kappa shape index (κ1) is 14.4. The van der Waals surface area contributed by atoms with E-state index in [2.05, 4.69) is 43.1 Å². The Labute approximate surface area is 127 Å². The molecule has 3 heteroatoms. The highest BCUT2D eigenvalue weighted by atomic mass is 35.5. The van der Waals surface area contributed by atoms with E-state index in [1.807, 2.05) is 12.1 Å². The number of hydrogen-bond donors (Lipinski definition) is 1. The van der Waals surface area contributed by atoms with Crippen LogP contribution in [0.2, 0.25) is 5.02 Å². The van der Waals surface area contributed by atoms with Gasteiger partial charge in [-0.05, 0) is 51.2 Å². The van der Waals surface area contributed by atoms with Gasteiger partial charge in [-0.25, -0.2) is 0 Å². The molecule has 1 saturated carbocycles. The smallest absolute Gasteiger partial charge is 0.0451 e. The number of nitrogens with zero attached hydrogens (tertiary/aromatic N) is 1. The predicted octanol–water partition coefficient (Wildman–Crippen LogP) is 3.69. The van der Waals surface area contributed by atoms with Crippen molar-refractivity contribution in [2.75, 3.05) is 13.1 Å². The zero-order valence-corrected chi connectivity index (χ0v) is 13.5. The summed E-state index contributed by atoms with van der Waals surface area (Å²) in [7, 11) is 0. The third-order valence-electron chi connectivity index (χ3n) is 5.10. The third-order valence-corrected chi connectivity index (χ3v) is 5.47. The van der Waals surface area contributed by atoms with Crippen LogP contribution in [0.5, 0.6) is 0 Å². The summed E-state index contributed by atoms with van der Waals surface area (Å²) in [5, 5.41) is 4.69. The Hall–Kier alpha value is -0.570. The lowest BCUT2D eigenvalue weighted by atomic mass is 9.86. The van der Waals surface area contributed by atoms with E-state index in [9.17, 15) is 0 Å². The van der Waals surface area contributed by atoms with Gasteiger partial charge in [0.1, 0.15) is 0 Å². The molecule has 2 aliphatic rings. The average Bonchev–Trinajstić information content (AvgIpc) is 3.22. The molecule has 20 heavy (non-hydrogen) atoms. The number of rotatable bonds is 3. The molecule has 1 heterocycles. The maximum atomic E-state index is 6.34. The lowest BCUT2D eigenvalue weighted by molar-refractivity contribution is 0.0178. The van der Waals surface area contributed by atoms with Gasteiger partial charge in [0.15, 0.2) is 0 Å². The van der Waals surface area contributed by atoms with E-state index in [1.54, 1.807) is 0 Å². The second-order valence-corrected chi connectivity index (χ2v) is 7.71. The fraction of sp³-hybridized carbons (Fsp3) is 0.647. The van der Waals surface area contributed by atoms with Gasteiger partial charge in [-0.2, -0.15) is 0 Å². The Bertz CT molecular complexity index is 496. The molecule has 0 aromatic heterocycles. The molecule has 0 amide bonds. The van der Waals surface area contributed by atoms with Crippen LogP contribution in [0, 0.1) is 5.92 Å². The molecule has 1 atom stereocenters. The molecule has 1 aliphatic heterocycles. The van der Waals surface area contributed by atoms with Crippen molar-refractivity contribution in [3.8, 4) is 0 Å². The van der Waals surface area contributed by atoms with Crippen LogP contribution >= 0.6 is 11.6 Å². The van der Waals surface area contributed by atoms with Gasteiger partial charge in [-0.15, -0.1) is 0 Å². The monoisotopic (exact) mass is 292 g/mol. The number of halogens is 1. The standard InChI is InChI=1S/C17H25ClN2/c1-16(2)11-19-17(3,14-8-9-14)12-20(16)10-13-6-4-5-7-15(13)18/h4-7,14,19H,8-12H2,1-3H3. The number of benzene rings is 1. The highest BCUT2D eigenvalue weighted by molar-refractivity contribution is 6.31. The van der Waals surface area contributed by atoms with E-state index in [0.29, 0.717) is 0 Å². The maximum Gasteiger partial charge on any atom is 0.0451 e. The molecule has 2 nitrogen and oxygen atoms in total. The Kier molecular flexibility index (Phi) is 3.60. The van der Waals surface area contributed by atoms with Crippen LogP contribution in [0.3, 0.4) is 0 Å². The van der Waals surface area contributed by atoms with E-state index < -0.39 is 0 Å². The van der Waals surface area contributed by atoms with Crippen molar-refractivity contribution in [1.29, 1.82) is 0 Å². The van der Waals surface area contributed by atoms with Crippen molar-refractivity contribution in [2.45, 2.75) is 51.2 Å². The van der Waals surface area contributed by atoms with E-state index in [4.69, 9.17) is 11.6 Å². The molecular formula is C17H25ClN2. The molecule has 1 aromatic carbocycles. The van der Waals surface area contributed by atoms with Crippen LogP contribution in [0.25, 0.3) is 0 Å². The Morgan fingerprint density at radius 1 is 1.25 bits per heavy atom. The van der Waals surface area contributed by atoms with Crippen molar-refractivity contribution < 1.29 is 0 Å². The molecule has 0 radical (unpaired) electrons. The van der Waals surface area contributed by atoms with E-state index in [1.165, 1.54) is 18.4 Å². The summed E-state index contributed by atoms with van der Waals surface area (Å²) in [6, 6.07) is 8.22. The van der Waals surface area contributed by atoms with Gasteiger partial charge >= 0.3 is 0 Å². The molecule has 110 valence electrons. The lowest BCUT2D eigenvalue weighted by Crippen LogP contribution is -2.67. The summed E-state index contributed by atoms with van der Waals surface area (Å²) in [4.78, 5) is 2.60. The summed E-state index contributed by atoms with van der Waals surface area (Å²) in [5.41, 5.74) is 1.69. The minimum absolute atomic E-state index is 0.174. The molecule has 0 bridgehead atoms. The first-order valence-corrected chi connectivity index (χ1v) is 8.02. The number of piperazine rings is 1. The van der Waals surface area contributed by atoms with Crippen molar-refractivity contribution >= 4 is 11.6 Å². The second kappa shape index (κ2) is 5.01. The van der Waals surface area contributed by atoms with E-state index in [-0.39, 0.29) is 11.1 Å². The zero-order chi connectivity index (χ0) is 14.4. The Morgan fingerprint density at radius 2 is 1.95 bits per heavy atom. The zero-order valence-electron chi connectivity index (χ0n) is 12.7. The lowest BCUT2D eigenvalue weighted by Gasteiger charge is -2.51. The summed E-state index contributed by atoms with van der Waals surface area (Å²) < 4.78 is 0. The Morgan fingerprint density at radius 3 is 2.60 bits per heavy atom. The molecule has 1 unspecified atom stereocenters. The Balaban J connectivity index is 1.80. The molecular weight excluding hydrogens is 268 g/mol. The minimum atomic E-state index is 0.174. The molecule has 1 aliphatic carbocycles. The van der Waals surface area contributed by atoms with Gasteiger partial charge in [0, 0.05) is 35.7 Å².